The summed E-state index contributed by atoms with van der Waals surface area (Å²) >= 11 is 1.50. The molecule has 0 radical (unpaired) electrons. The first-order valence-corrected chi connectivity index (χ1v) is 7.97. The summed E-state index contributed by atoms with van der Waals surface area (Å²) in [6.45, 7) is 0. The number of fused-ring (bicyclic) bond motifs is 3. The lowest BCUT2D eigenvalue weighted by atomic mass is 10.3. The van der Waals surface area contributed by atoms with Crippen molar-refractivity contribution in [2.24, 2.45) is 0 Å². The van der Waals surface area contributed by atoms with Crippen molar-refractivity contribution >= 4 is 44.1 Å². The number of hydrogen-bond acceptors (Lipinski definition) is 7. The molecule has 0 bridgehead atoms. The Hall–Kier alpha value is -3.13. The van der Waals surface area contributed by atoms with E-state index in [1.165, 1.54) is 11.3 Å². The van der Waals surface area contributed by atoms with Crippen molar-refractivity contribution in [3.05, 3.63) is 42.5 Å². The molecule has 4 rings (SSSR count). The third kappa shape index (κ3) is 2.42. The quantitative estimate of drug-likeness (QED) is 0.391. The molecule has 7 nitrogen and oxygen atoms in total. The summed E-state index contributed by atoms with van der Waals surface area (Å²) in [5, 5.41) is 12.6. The van der Waals surface area contributed by atoms with Crippen LogP contribution in [0.25, 0.3) is 15.2 Å². The highest BCUT2D eigenvalue weighted by atomic mass is 32.1. The van der Waals surface area contributed by atoms with E-state index in [1.807, 2.05) is 22.6 Å². The number of ether oxygens (including phenoxy) is 1. The van der Waals surface area contributed by atoms with Gasteiger partial charge in [-0.2, -0.15) is 4.40 Å². The fourth-order valence-electron chi connectivity index (χ4n) is 2.45. The molecule has 0 saturated heterocycles. The highest BCUT2D eigenvalue weighted by Crippen LogP contribution is 2.27. The van der Waals surface area contributed by atoms with E-state index in [1.54, 1.807) is 31.4 Å². The third-order valence-corrected chi connectivity index (χ3v) is 4.57. The van der Waals surface area contributed by atoms with Crippen LogP contribution >= 0.6 is 11.3 Å². The molecule has 0 atom stereocenters. The summed E-state index contributed by atoms with van der Waals surface area (Å²) in [7, 11) is 1.64. The van der Waals surface area contributed by atoms with Gasteiger partial charge in [0, 0.05) is 6.07 Å². The van der Waals surface area contributed by atoms with E-state index >= 15 is 0 Å². The standard InChI is InChI=1S/C16H13N5O2S/c1-23-11-6-7-12-13(8-11)24-16-20-14(17)19-15(21(12)16)18-9-2-4-10(22)5-3-9/h2-8H,1H3,(H3,17,18,19,22)/p+1. The van der Waals surface area contributed by atoms with Gasteiger partial charge in [0.15, 0.2) is 0 Å². The van der Waals surface area contributed by atoms with Gasteiger partial charge >= 0.3 is 16.9 Å². The molecule has 0 spiro atoms. The smallest absolute Gasteiger partial charge is 0.362 e. The van der Waals surface area contributed by atoms with E-state index in [0.717, 1.165) is 26.6 Å². The van der Waals surface area contributed by atoms with Gasteiger partial charge in [-0.25, -0.2) is 0 Å². The number of nitrogens with two attached hydrogens (primary N) is 1. The number of aromatic hydroxyl groups is 1. The van der Waals surface area contributed by atoms with E-state index in [0.29, 0.717) is 5.95 Å². The Morgan fingerprint density at radius 2 is 1.96 bits per heavy atom. The average molecular weight is 340 g/mol. The average Bonchev–Trinajstić information content (AvgIpc) is 2.93. The Morgan fingerprint density at radius 3 is 2.71 bits per heavy atom. The van der Waals surface area contributed by atoms with Crippen molar-refractivity contribution in [2.45, 2.75) is 0 Å². The van der Waals surface area contributed by atoms with Gasteiger partial charge < -0.3 is 15.6 Å². The lowest BCUT2D eigenvalue weighted by Gasteiger charge is -2.02. The lowest BCUT2D eigenvalue weighted by molar-refractivity contribution is -0.467. The minimum atomic E-state index is 0.190. The summed E-state index contributed by atoms with van der Waals surface area (Å²) in [5.74, 6) is 1.73. The van der Waals surface area contributed by atoms with Gasteiger partial charge in [0.1, 0.15) is 17.0 Å². The van der Waals surface area contributed by atoms with E-state index in [2.05, 4.69) is 15.3 Å². The zero-order valence-corrected chi connectivity index (χ0v) is 13.5. The van der Waals surface area contributed by atoms with Crippen molar-refractivity contribution in [2.75, 3.05) is 18.2 Å². The number of benzene rings is 2. The fraction of sp³-hybridized carbons (Fsp3) is 0.0625. The van der Waals surface area contributed by atoms with E-state index in [-0.39, 0.29) is 11.7 Å². The molecule has 0 aliphatic carbocycles. The minimum absolute atomic E-state index is 0.190. The maximum atomic E-state index is 9.41. The topological polar surface area (TPSA) is 97.4 Å². The number of phenolic OH excluding ortho intramolecular Hbond substituents is 1. The van der Waals surface area contributed by atoms with E-state index < -0.39 is 0 Å². The Labute approximate surface area is 141 Å². The number of nitrogens with one attached hydrogen (secondary N) is 1. The molecular formula is C16H14N5O2S+. The normalized spacial score (nSPS) is 11.0. The number of phenols is 1. The van der Waals surface area contributed by atoms with Crippen molar-refractivity contribution in [3.8, 4) is 11.5 Å². The second-order valence-corrected chi connectivity index (χ2v) is 6.14. The molecule has 4 aromatic rings. The molecule has 8 heteroatoms. The first kappa shape index (κ1) is 14.5. The van der Waals surface area contributed by atoms with Crippen LogP contribution in [-0.2, 0) is 0 Å². The minimum Gasteiger partial charge on any atom is -0.508 e. The van der Waals surface area contributed by atoms with E-state index in [9.17, 15) is 5.11 Å². The van der Waals surface area contributed by atoms with Gasteiger partial charge in [0.25, 0.3) is 0 Å². The fourth-order valence-corrected chi connectivity index (χ4v) is 3.50. The molecule has 0 aliphatic rings. The Balaban J connectivity index is 1.91. The Bertz CT molecular complexity index is 1050. The van der Waals surface area contributed by atoms with Crippen LogP contribution in [0.15, 0.2) is 42.5 Å². The molecule has 4 N–H and O–H groups in total. The van der Waals surface area contributed by atoms with Crippen molar-refractivity contribution in [1.82, 2.24) is 9.97 Å². The Morgan fingerprint density at radius 1 is 1.17 bits per heavy atom. The molecule has 0 aliphatic heterocycles. The largest absolute Gasteiger partial charge is 0.508 e. The van der Waals surface area contributed by atoms with Crippen LogP contribution in [0.3, 0.4) is 0 Å². The number of methoxy groups -OCH3 is 1. The summed E-state index contributed by atoms with van der Waals surface area (Å²) in [6.07, 6.45) is 0. The molecule has 2 aromatic heterocycles. The van der Waals surface area contributed by atoms with Crippen molar-refractivity contribution in [3.63, 3.8) is 0 Å². The number of thiazole rings is 1. The Kier molecular flexibility index (Phi) is 3.31. The van der Waals surface area contributed by atoms with Crippen LogP contribution in [0.1, 0.15) is 0 Å². The monoisotopic (exact) mass is 340 g/mol. The molecule has 120 valence electrons. The van der Waals surface area contributed by atoms with Gasteiger partial charge in [-0.1, -0.05) is 21.3 Å². The number of hydrogen-bond donors (Lipinski definition) is 3. The molecule has 0 amide bonds. The predicted molar refractivity (Wildman–Crippen MR) is 92.9 cm³/mol. The van der Waals surface area contributed by atoms with Crippen LogP contribution in [-0.4, -0.2) is 22.2 Å². The summed E-state index contributed by atoms with van der Waals surface area (Å²) in [4.78, 5) is 9.36. The highest BCUT2D eigenvalue weighted by Gasteiger charge is 2.20. The van der Waals surface area contributed by atoms with Gasteiger partial charge in [-0.15, -0.1) is 0 Å². The third-order valence-electron chi connectivity index (χ3n) is 3.57. The van der Waals surface area contributed by atoms with Gasteiger partial charge in [0.05, 0.1) is 17.5 Å². The summed E-state index contributed by atoms with van der Waals surface area (Å²) in [5.41, 5.74) is 7.59. The molecule has 2 heterocycles. The zero-order chi connectivity index (χ0) is 16.7. The molecule has 0 unspecified atom stereocenters. The SMILES string of the molecule is COc1ccc2c(c1)sc1nc(N)nc(Nc3ccc(O)cc3)[n+]12. The molecular weight excluding hydrogens is 326 g/mol. The zero-order valence-electron chi connectivity index (χ0n) is 12.7. The lowest BCUT2D eigenvalue weighted by Crippen LogP contribution is -2.27. The highest BCUT2D eigenvalue weighted by molar-refractivity contribution is 7.22. The second-order valence-electron chi connectivity index (χ2n) is 5.13. The number of aromatic nitrogens is 3. The first-order chi connectivity index (χ1) is 11.6. The molecule has 2 aromatic carbocycles. The number of rotatable bonds is 3. The van der Waals surface area contributed by atoms with E-state index in [4.69, 9.17) is 10.5 Å². The summed E-state index contributed by atoms with van der Waals surface area (Å²) < 4.78 is 8.20. The van der Waals surface area contributed by atoms with Crippen LogP contribution in [0.4, 0.5) is 17.6 Å². The second kappa shape index (κ2) is 5.50. The van der Waals surface area contributed by atoms with Crippen LogP contribution in [0, 0.1) is 0 Å². The predicted octanol–water partition coefficient (Wildman–Crippen LogP) is 2.47. The van der Waals surface area contributed by atoms with Gasteiger partial charge in [-0.05, 0) is 36.4 Å². The van der Waals surface area contributed by atoms with Crippen molar-refractivity contribution in [1.29, 1.82) is 0 Å². The van der Waals surface area contributed by atoms with Crippen LogP contribution in [0.2, 0.25) is 0 Å². The summed E-state index contributed by atoms with van der Waals surface area (Å²) in [6, 6.07) is 12.5. The molecule has 0 saturated carbocycles. The maximum Gasteiger partial charge on any atom is 0.362 e. The molecule has 0 fully saturated rings. The van der Waals surface area contributed by atoms with Crippen LogP contribution in [0.5, 0.6) is 11.5 Å². The molecule has 24 heavy (non-hydrogen) atoms. The van der Waals surface area contributed by atoms with Crippen molar-refractivity contribution < 1.29 is 14.2 Å². The van der Waals surface area contributed by atoms with Gasteiger partial charge in [-0.3, -0.25) is 5.32 Å². The number of anilines is 3. The number of nitrogen functional groups attached to an aromatic ring is 1. The maximum absolute atomic E-state index is 9.41. The van der Waals surface area contributed by atoms with Crippen LogP contribution < -0.4 is 20.2 Å². The first-order valence-electron chi connectivity index (χ1n) is 7.16. The number of nitrogens with zero attached hydrogens (tertiary/aromatic N) is 3. The van der Waals surface area contributed by atoms with Gasteiger partial charge in [0.2, 0.25) is 0 Å².